The maximum absolute atomic E-state index is 10.8. The highest BCUT2D eigenvalue weighted by atomic mass is 35.5. The van der Waals surface area contributed by atoms with Crippen LogP contribution in [-0.4, -0.2) is 15.0 Å². The number of phosphoric ester groups is 1. The highest BCUT2D eigenvalue weighted by molar-refractivity contribution is 7.48. The summed E-state index contributed by atoms with van der Waals surface area (Å²) in [4.78, 5) is 8.81. The Morgan fingerprint density at radius 2 is 1.82 bits per heavy atom. The maximum atomic E-state index is 10.8. The largest absolute Gasteiger partial charge is 0.475 e. The first-order valence-corrected chi connectivity index (χ1v) is 5.04. The van der Waals surface area contributed by atoms with E-state index in [0.717, 1.165) is 0 Å². The zero-order valence-corrected chi connectivity index (χ0v) is 8.28. The van der Waals surface area contributed by atoms with Crippen molar-refractivity contribution in [2.45, 2.75) is 24.0 Å². The van der Waals surface area contributed by atoms with E-state index in [1.165, 1.54) is 13.8 Å². The molecular weight excluding hydrogens is 214 g/mol. The van der Waals surface area contributed by atoms with Crippen molar-refractivity contribution in [3.63, 3.8) is 0 Å². The minimum absolute atomic E-state index is 1.18. The summed E-state index contributed by atoms with van der Waals surface area (Å²) in [5, 5.41) is 0. The van der Waals surface area contributed by atoms with Crippen LogP contribution in [0.15, 0.2) is 0 Å². The number of hydrogen-bond donors (Lipinski definition) is 1. The molecular formula is C4H7Cl2O4P. The molecule has 1 atom stereocenters. The van der Waals surface area contributed by atoms with Gasteiger partial charge in [0.2, 0.25) is 0 Å². The zero-order chi connectivity index (χ0) is 8.91. The molecule has 1 N–H and O–H groups in total. The average molecular weight is 221 g/mol. The van der Waals surface area contributed by atoms with Gasteiger partial charge in [-0.3, -0.25) is 4.52 Å². The topological polar surface area (TPSA) is 55.8 Å². The zero-order valence-electron chi connectivity index (χ0n) is 5.88. The summed E-state index contributed by atoms with van der Waals surface area (Å²) in [5.74, 6) is 0. The lowest BCUT2D eigenvalue weighted by Gasteiger charge is -2.23. The molecule has 1 unspecified atom stereocenters. The first-order valence-electron chi connectivity index (χ1n) is 2.78. The van der Waals surface area contributed by atoms with E-state index in [-0.39, 0.29) is 0 Å². The van der Waals surface area contributed by atoms with Crippen LogP contribution in [0.4, 0.5) is 0 Å². The monoisotopic (exact) mass is 220 g/mol. The van der Waals surface area contributed by atoms with Gasteiger partial charge in [-0.1, -0.05) is 23.2 Å². The Labute approximate surface area is 74.0 Å². The molecule has 0 spiro atoms. The van der Waals surface area contributed by atoms with E-state index in [4.69, 9.17) is 28.1 Å². The van der Waals surface area contributed by atoms with E-state index < -0.39 is 17.9 Å². The van der Waals surface area contributed by atoms with Crippen molar-refractivity contribution >= 4 is 31.0 Å². The van der Waals surface area contributed by atoms with Gasteiger partial charge in [-0.05, 0) is 13.8 Å². The smallest absolute Gasteiger partial charge is 0.302 e. The number of phosphoric acid groups is 1. The Morgan fingerprint density at radius 3 is 1.91 bits per heavy atom. The molecule has 0 radical (unpaired) electrons. The molecule has 0 amide bonds. The second-order valence-corrected chi connectivity index (χ2v) is 5.24. The highest BCUT2D eigenvalue weighted by Crippen LogP contribution is 2.64. The summed E-state index contributed by atoms with van der Waals surface area (Å²) in [5.41, 5.74) is -1.18. The maximum Gasteiger partial charge on any atom is 0.475 e. The molecule has 0 aliphatic carbocycles. The lowest BCUT2D eigenvalue weighted by molar-refractivity contribution is 0.0922. The quantitative estimate of drug-likeness (QED) is 0.502. The molecule has 0 aromatic rings. The van der Waals surface area contributed by atoms with Gasteiger partial charge in [-0.2, -0.15) is 0 Å². The van der Waals surface area contributed by atoms with Crippen LogP contribution in [0, 0.1) is 0 Å². The van der Waals surface area contributed by atoms with Crippen LogP contribution in [0.2, 0.25) is 0 Å². The third-order valence-corrected chi connectivity index (χ3v) is 3.75. The van der Waals surface area contributed by atoms with Crippen LogP contribution in [0.5, 0.6) is 0 Å². The van der Waals surface area contributed by atoms with Crippen molar-refractivity contribution in [3.8, 4) is 0 Å². The summed E-state index contributed by atoms with van der Waals surface area (Å²) in [6.07, 6.45) is 0. The van der Waals surface area contributed by atoms with Gasteiger partial charge in [0.1, 0.15) is 5.60 Å². The molecule has 66 valence electrons. The van der Waals surface area contributed by atoms with E-state index >= 15 is 0 Å². The van der Waals surface area contributed by atoms with Gasteiger partial charge in [-0.25, -0.2) is 9.09 Å². The summed E-state index contributed by atoms with van der Waals surface area (Å²) >= 11 is 11.1. The molecule has 7 heteroatoms. The SMILES string of the molecule is CC1(C)OP(=O)(O)OC1(Cl)Cl. The van der Waals surface area contributed by atoms with Crippen molar-refractivity contribution < 1.29 is 18.5 Å². The fourth-order valence-corrected chi connectivity index (χ4v) is 2.58. The van der Waals surface area contributed by atoms with E-state index in [9.17, 15) is 4.57 Å². The van der Waals surface area contributed by atoms with Gasteiger partial charge in [0, 0.05) is 0 Å². The van der Waals surface area contributed by atoms with E-state index in [0.29, 0.717) is 0 Å². The molecule has 1 aliphatic rings. The summed E-state index contributed by atoms with van der Waals surface area (Å²) in [7, 11) is -4.05. The minimum Gasteiger partial charge on any atom is -0.302 e. The Morgan fingerprint density at radius 1 is 1.36 bits per heavy atom. The highest BCUT2D eigenvalue weighted by Gasteiger charge is 2.59. The molecule has 1 saturated heterocycles. The Hall–Kier alpha value is 0.690. The first-order chi connectivity index (χ1) is 4.66. The lowest BCUT2D eigenvalue weighted by Crippen LogP contribution is -2.37. The average Bonchev–Trinajstić information content (AvgIpc) is 1.66. The number of rotatable bonds is 0. The van der Waals surface area contributed by atoms with Crippen molar-refractivity contribution in [1.82, 2.24) is 0 Å². The molecule has 0 aromatic heterocycles. The predicted molar refractivity (Wildman–Crippen MR) is 40.5 cm³/mol. The van der Waals surface area contributed by atoms with Gasteiger partial charge in [0.25, 0.3) is 4.52 Å². The van der Waals surface area contributed by atoms with Crippen molar-refractivity contribution in [3.05, 3.63) is 0 Å². The van der Waals surface area contributed by atoms with Crippen molar-refractivity contribution in [2.75, 3.05) is 0 Å². The predicted octanol–water partition coefficient (Wildman–Crippen LogP) is 2.04. The first kappa shape index (κ1) is 9.78. The summed E-state index contributed by atoms with van der Waals surface area (Å²) < 4.78 is 18.0. The number of alkyl halides is 2. The second kappa shape index (κ2) is 2.34. The van der Waals surface area contributed by atoms with Crippen molar-refractivity contribution in [2.24, 2.45) is 0 Å². The molecule has 1 rings (SSSR count). The Bertz CT molecular complexity index is 206. The fraction of sp³-hybridized carbons (Fsp3) is 1.00. The fourth-order valence-electron chi connectivity index (χ4n) is 0.615. The molecule has 1 aliphatic heterocycles. The standard InChI is InChI=1S/C4H7Cl2O4P/c1-3(2)4(5,6)10-11(7,8)9-3/h1-2H3,(H,7,8). The van der Waals surface area contributed by atoms with Crippen LogP contribution in [0.3, 0.4) is 0 Å². The van der Waals surface area contributed by atoms with Gasteiger partial charge in [0.15, 0.2) is 0 Å². The normalized spacial score (nSPS) is 40.8. The molecule has 4 nitrogen and oxygen atoms in total. The Balaban J connectivity index is 2.98. The number of halogens is 2. The van der Waals surface area contributed by atoms with Crippen molar-refractivity contribution in [1.29, 1.82) is 0 Å². The number of hydrogen-bond acceptors (Lipinski definition) is 3. The van der Waals surface area contributed by atoms with E-state index in [1.54, 1.807) is 0 Å². The van der Waals surface area contributed by atoms with Gasteiger partial charge in [-0.15, -0.1) is 0 Å². The molecule has 0 saturated carbocycles. The molecule has 11 heavy (non-hydrogen) atoms. The van der Waals surface area contributed by atoms with Crippen LogP contribution >= 0.6 is 31.0 Å². The van der Waals surface area contributed by atoms with Gasteiger partial charge < -0.3 is 4.89 Å². The third-order valence-electron chi connectivity index (χ3n) is 1.27. The molecule has 1 fully saturated rings. The second-order valence-electron chi connectivity index (χ2n) is 2.68. The van der Waals surface area contributed by atoms with E-state index in [1.807, 2.05) is 0 Å². The summed E-state index contributed by atoms with van der Waals surface area (Å²) in [6.45, 7) is 2.92. The van der Waals surface area contributed by atoms with Crippen LogP contribution in [-0.2, 0) is 13.6 Å². The minimum atomic E-state index is -4.05. The lowest BCUT2D eigenvalue weighted by atomic mass is 10.1. The van der Waals surface area contributed by atoms with Gasteiger partial charge >= 0.3 is 7.82 Å². The molecule has 0 aromatic carbocycles. The van der Waals surface area contributed by atoms with Gasteiger partial charge in [0.05, 0.1) is 0 Å². The third kappa shape index (κ3) is 1.72. The van der Waals surface area contributed by atoms with Crippen LogP contribution in [0.25, 0.3) is 0 Å². The summed E-state index contributed by atoms with van der Waals surface area (Å²) in [6, 6.07) is 0. The van der Waals surface area contributed by atoms with Crippen LogP contribution < -0.4 is 0 Å². The Kier molecular flexibility index (Phi) is 2.08. The van der Waals surface area contributed by atoms with E-state index in [2.05, 4.69) is 9.05 Å². The molecule has 0 bridgehead atoms. The molecule has 1 heterocycles. The van der Waals surface area contributed by atoms with Crippen LogP contribution in [0.1, 0.15) is 13.8 Å².